The van der Waals surface area contributed by atoms with Crippen molar-refractivity contribution in [3.8, 4) is 0 Å². The van der Waals surface area contributed by atoms with Crippen LogP contribution in [0.15, 0.2) is 12.5 Å². The van der Waals surface area contributed by atoms with E-state index in [0.717, 1.165) is 25.8 Å². The van der Waals surface area contributed by atoms with E-state index in [1.807, 2.05) is 6.92 Å². The minimum absolute atomic E-state index is 0.199. The summed E-state index contributed by atoms with van der Waals surface area (Å²) in [6.07, 6.45) is 6.43. The molecule has 0 aromatic carbocycles. The van der Waals surface area contributed by atoms with Gasteiger partial charge in [0.1, 0.15) is 6.04 Å². The van der Waals surface area contributed by atoms with Crippen LogP contribution in [0.2, 0.25) is 0 Å². The van der Waals surface area contributed by atoms with Crippen LogP contribution < -0.4 is 5.32 Å². The highest BCUT2D eigenvalue weighted by atomic mass is 16.4. The van der Waals surface area contributed by atoms with Gasteiger partial charge in [0, 0.05) is 31.4 Å². The van der Waals surface area contributed by atoms with Crippen LogP contribution in [0.5, 0.6) is 0 Å². The summed E-state index contributed by atoms with van der Waals surface area (Å²) in [5.74, 6) is -0.459. The van der Waals surface area contributed by atoms with Crippen LogP contribution in [0.4, 0.5) is 4.79 Å². The molecule has 21 heavy (non-hydrogen) atoms. The molecule has 1 aromatic heterocycles. The number of carbonyl (C=O) groups excluding carboxylic acids is 1. The molecule has 1 aliphatic rings. The van der Waals surface area contributed by atoms with Gasteiger partial charge in [0.2, 0.25) is 0 Å². The number of aromatic nitrogens is 2. The van der Waals surface area contributed by atoms with E-state index in [9.17, 15) is 14.7 Å². The van der Waals surface area contributed by atoms with Crippen LogP contribution >= 0.6 is 0 Å². The Balaban J connectivity index is 1.93. The van der Waals surface area contributed by atoms with E-state index in [4.69, 9.17) is 0 Å². The van der Waals surface area contributed by atoms with Crippen LogP contribution in [0.25, 0.3) is 0 Å². The Morgan fingerprint density at radius 2 is 2.33 bits per heavy atom. The average molecular weight is 294 g/mol. The Bertz CT molecular complexity index is 471. The molecule has 0 bridgehead atoms. The molecule has 3 N–H and O–H groups in total. The van der Waals surface area contributed by atoms with E-state index in [1.54, 1.807) is 11.1 Å². The fourth-order valence-corrected chi connectivity index (χ4v) is 2.21. The Labute approximate surface area is 123 Å². The van der Waals surface area contributed by atoms with Gasteiger partial charge in [-0.3, -0.25) is 0 Å². The predicted molar refractivity (Wildman–Crippen MR) is 76.8 cm³/mol. The van der Waals surface area contributed by atoms with E-state index >= 15 is 0 Å². The zero-order valence-electron chi connectivity index (χ0n) is 12.2. The van der Waals surface area contributed by atoms with Crippen molar-refractivity contribution in [3.63, 3.8) is 0 Å². The standard InChI is InChI=1S/C14H22N4O3/c1-2-5-18(8-10-3-4-10)14(21)17-12(13(19)20)6-11-7-15-9-16-11/h7,9-10,12H,2-6,8H2,1H3,(H,15,16)(H,17,21)(H,19,20)/t12-/m0/s1. The van der Waals surface area contributed by atoms with Gasteiger partial charge >= 0.3 is 12.0 Å². The number of hydrogen-bond donors (Lipinski definition) is 3. The topological polar surface area (TPSA) is 98.3 Å². The van der Waals surface area contributed by atoms with Gasteiger partial charge in [-0.15, -0.1) is 0 Å². The molecule has 0 radical (unpaired) electrons. The number of nitrogens with zero attached hydrogens (tertiary/aromatic N) is 2. The lowest BCUT2D eigenvalue weighted by molar-refractivity contribution is -0.139. The molecule has 1 heterocycles. The number of amides is 2. The third-order valence-corrected chi connectivity index (χ3v) is 3.53. The number of carboxylic acids is 1. The lowest BCUT2D eigenvalue weighted by Gasteiger charge is -2.24. The second kappa shape index (κ2) is 7.10. The highest BCUT2D eigenvalue weighted by Crippen LogP contribution is 2.29. The van der Waals surface area contributed by atoms with Gasteiger partial charge in [-0.25, -0.2) is 14.6 Å². The first-order valence-electron chi connectivity index (χ1n) is 7.35. The SMILES string of the molecule is CCCN(CC1CC1)C(=O)N[C@@H](Cc1cnc[nH]1)C(=O)O. The molecular formula is C14H22N4O3. The smallest absolute Gasteiger partial charge is 0.326 e. The maximum atomic E-state index is 12.3. The largest absolute Gasteiger partial charge is 0.480 e. The number of hydrogen-bond acceptors (Lipinski definition) is 3. The van der Waals surface area contributed by atoms with Crippen molar-refractivity contribution in [2.75, 3.05) is 13.1 Å². The summed E-state index contributed by atoms with van der Waals surface area (Å²) in [5.41, 5.74) is 0.687. The summed E-state index contributed by atoms with van der Waals surface area (Å²) >= 11 is 0. The Kier molecular flexibility index (Phi) is 5.19. The number of aromatic amines is 1. The van der Waals surface area contributed by atoms with E-state index < -0.39 is 12.0 Å². The summed E-state index contributed by atoms with van der Waals surface area (Å²) in [6.45, 7) is 3.38. The van der Waals surface area contributed by atoms with Crippen LogP contribution in [0.1, 0.15) is 31.9 Å². The van der Waals surface area contributed by atoms with Crippen molar-refractivity contribution in [1.29, 1.82) is 0 Å². The van der Waals surface area contributed by atoms with Gasteiger partial charge < -0.3 is 20.3 Å². The van der Waals surface area contributed by atoms with Crippen LogP contribution in [0, 0.1) is 5.92 Å². The summed E-state index contributed by atoms with van der Waals surface area (Å²) in [5, 5.41) is 11.9. The molecule has 1 aliphatic carbocycles. The Morgan fingerprint density at radius 1 is 1.57 bits per heavy atom. The molecule has 0 aliphatic heterocycles. The number of carboxylic acid groups (broad SMARTS) is 1. The molecule has 1 atom stereocenters. The summed E-state index contributed by atoms with van der Waals surface area (Å²) in [6, 6.07) is -1.24. The summed E-state index contributed by atoms with van der Waals surface area (Å²) in [7, 11) is 0. The number of imidazole rings is 1. The van der Waals surface area contributed by atoms with Crippen LogP contribution in [0.3, 0.4) is 0 Å². The van der Waals surface area contributed by atoms with Crippen molar-refractivity contribution in [1.82, 2.24) is 20.2 Å². The highest BCUT2D eigenvalue weighted by Gasteiger charge is 2.28. The molecule has 1 aromatic rings. The molecule has 2 rings (SSSR count). The van der Waals surface area contributed by atoms with Crippen molar-refractivity contribution in [3.05, 3.63) is 18.2 Å². The van der Waals surface area contributed by atoms with Gasteiger partial charge in [0.05, 0.1) is 6.33 Å². The minimum atomic E-state index is -1.04. The third-order valence-electron chi connectivity index (χ3n) is 3.53. The van der Waals surface area contributed by atoms with Gasteiger partial charge in [-0.2, -0.15) is 0 Å². The fraction of sp³-hybridized carbons (Fsp3) is 0.643. The number of H-pyrrole nitrogens is 1. The minimum Gasteiger partial charge on any atom is -0.480 e. The third kappa shape index (κ3) is 4.77. The van der Waals surface area contributed by atoms with E-state index in [0.29, 0.717) is 18.2 Å². The molecule has 0 spiro atoms. The molecule has 0 unspecified atom stereocenters. The molecule has 116 valence electrons. The molecule has 0 saturated heterocycles. The fourth-order valence-electron chi connectivity index (χ4n) is 2.21. The predicted octanol–water partition coefficient (Wildman–Crippen LogP) is 1.24. The lowest BCUT2D eigenvalue weighted by atomic mass is 10.1. The van der Waals surface area contributed by atoms with Crippen molar-refractivity contribution < 1.29 is 14.7 Å². The number of aliphatic carboxylic acids is 1. The van der Waals surface area contributed by atoms with Crippen LogP contribution in [-0.4, -0.2) is 51.1 Å². The molecule has 7 nitrogen and oxygen atoms in total. The van der Waals surface area contributed by atoms with Crippen molar-refractivity contribution >= 4 is 12.0 Å². The maximum Gasteiger partial charge on any atom is 0.326 e. The van der Waals surface area contributed by atoms with E-state index in [2.05, 4.69) is 15.3 Å². The normalized spacial score (nSPS) is 15.5. The van der Waals surface area contributed by atoms with E-state index in [1.165, 1.54) is 6.33 Å². The summed E-state index contributed by atoms with van der Waals surface area (Å²) in [4.78, 5) is 32.0. The maximum absolute atomic E-state index is 12.3. The van der Waals surface area contributed by atoms with E-state index in [-0.39, 0.29) is 12.5 Å². The molecule has 7 heteroatoms. The molecular weight excluding hydrogens is 272 g/mol. The van der Waals surface area contributed by atoms with Gasteiger partial charge in [-0.1, -0.05) is 6.92 Å². The Hall–Kier alpha value is -2.05. The van der Waals surface area contributed by atoms with Crippen molar-refractivity contribution in [2.24, 2.45) is 5.92 Å². The highest BCUT2D eigenvalue weighted by molar-refractivity contribution is 5.82. The van der Waals surface area contributed by atoms with Gasteiger partial charge in [-0.05, 0) is 25.2 Å². The first-order chi connectivity index (χ1) is 10.1. The second-order valence-corrected chi connectivity index (χ2v) is 5.51. The zero-order valence-corrected chi connectivity index (χ0v) is 12.2. The zero-order chi connectivity index (χ0) is 15.2. The number of nitrogens with one attached hydrogen (secondary N) is 2. The van der Waals surface area contributed by atoms with Gasteiger partial charge in [0.25, 0.3) is 0 Å². The number of urea groups is 1. The lowest BCUT2D eigenvalue weighted by Crippen LogP contribution is -2.49. The average Bonchev–Trinajstić information content (AvgIpc) is 3.11. The monoisotopic (exact) mass is 294 g/mol. The Morgan fingerprint density at radius 3 is 2.86 bits per heavy atom. The molecule has 1 saturated carbocycles. The second-order valence-electron chi connectivity index (χ2n) is 5.51. The number of rotatable bonds is 8. The first-order valence-corrected chi connectivity index (χ1v) is 7.35. The number of carbonyl (C=O) groups is 2. The molecule has 1 fully saturated rings. The quantitative estimate of drug-likeness (QED) is 0.671. The first kappa shape index (κ1) is 15.3. The van der Waals surface area contributed by atoms with Gasteiger partial charge in [0.15, 0.2) is 0 Å². The molecule has 2 amide bonds. The van der Waals surface area contributed by atoms with Crippen molar-refractivity contribution in [2.45, 2.75) is 38.6 Å². The van der Waals surface area contributed by atoms with Crippen LogP contribution in [-0.2, 0) is 11.2 Å². The summed E-state index contributed by atoms with van der Waals surface area (Å²) < 4.78 is 0.